The lowest BCUT2D eigenvalue weighted by molar-refractivity contribution is -0.111. The first kappa shape index (κ1) is 25.5. The zero-order valence-corrected chi connectivity index (χ0v) is 18.9. The van der Waals surface area contributed by atoms with Crippen LogP contribution in [0.2, 0.25) is 0 Å². The van der Waals surface area contributed by atoms with E-state index in [2.05, 4.69) is 24.8 Å². The maximum atomic E-state index is 12.4. The summed E-state index contributed by atoms with van der Waals surface area (Å²) in [7, 11) is -4.86. The summed E-state index contributed by atoms with van der Waals surface area (Å²) < 4.78 is 21.8. The number of aliphatic hydroxyl groups excluding tert-OH is 2. The zero-order chi connectivity index (χ0) is 26.2. The minimum absolute atomic E-state index is 0.130. The molecule has 0 radical (unpaired) electrons. The predicted molar refractivity (Wildman–Crippen MR) is 120 cm³/mol. The number of nitrogens with zero attached hydrogens (tertiary/aromatic N) is 3. The Balaban J connectivity index is 1.54. The van der Waals surface area contributed by atoms with E-state index in [4.69, 9.17) is 14.5 Å². The van der Waals surface area contributed by atoms with Gasteiger partial charge in [0.15, 0.2) is 28.9 Å². The number of hydrogen-bond donors (Lipinski definition) is 8. The summed E-state index contributed by atoms with van der Waals surface area (Å²) >= 11 is 0. The number of H-pyrrole nitrogens is 1. The van der Waals surface area contributed by atoms with Crippen LogP contribution in [0, 0.1) is 0 Å². The molecule has 0 aliphatic carbocycles. The number of phosphoric ester groups is 1. The normalized spacial score (nSPS) is 22.4. The van der Waals surface area contributed by atoms with Gasteiger partial charge in [-0.05, 0) is 23.8 Å². The van der Waals surface area contributed by atoms with Gasteiger partial charge in [0.05, 0.1) is 12.9 Å². The SMILES string of the molecule is O=C(/C=C/c1ccc(O)c(O)c1)Nc1nc2c(ncn2[C@@H]2O[C@H](COP(=O)(O)O)[C@@H](O)[C@H]2O)c(=O)[nH]1. The highest BCUT2D eigenvalue weighted by Crippen LogP contribution is 2.38. The third-order valence-electron chi connectivity index (χ3n) is 5.12. The number of aromatic hydroxyl groups is 2. The molecule has 36 heavy (non-hydrogen) atoms. The van der Waals surface area contributed by atoms with Crippen molar-refractivity contribution in [2.45, 2.75) is 24.5 Å². The summed E-state index contributed by atoms with van der Waals surface area (Å²) in [5, 5.41) is 41.8. The number of phenols is 2. The third-order valence-corrected chi connectivity index (χ3v) is 5.60. The number of imidazole rings is 1. The van der Waals surface area contributed by atoms with Gasteiger partial charge in [0.1, 0.15) is 18.3 Å². The van der Waals surface area contributed by atoms with Crippen molar-refractivity contribution < 1.29 is 48.8 Å². The number of aliphatic hydroxyl groups is 2. The lowest BCUT2D eigenvalue weighted by Gasteiger charge is -2.16. The van der Waals surface area contributed by atoms with Crippen molar-refractivity contribution in [2.24, 2.45) is 0 Å². The molecule has 16 nitrogen and oxygen atoms in total. The number of carbonyl (C=O) groups is 1. The number of nitrogens with one attached hydrogen (secondary N) is 2. The van der Waals surface area contributed by atoms with E-state index in [-0.39, 0.29) is 28.6 Å². The van der Waals surface area contributed by atoms with E-state index < -0.39 is 50.4 Å². The van der Waals surface area contributed by atoms with Gasteiger partial charge in [-0.2, -0.15) is 4.98 Å². The number of phosphoric acid groups is 1. The lowest BCUT2D eigenvalue weighted by atomic mass is 10.1. The molecule has 0 unspecified atom stereocenters. The van der Waals surface area contributed by atoms with Crippen molar-refractivity contribution in [3.63, 3.8) is 0 Å². The fourth-order valence-corrected chi connectivity index (χ4v) is 3.75. The molecule has 1 saturated heterocycles. The van der Waals surface area contributed by atoms with Crippen LogP contribution in [0.25, 0.3) is 17.2 Å². The number of amides is 1. The highest BCUT2D eigenvalue weighted by molar-refractivity contribution is 7.46. The molecule has 0 spiro atoms. The summed E-state index contributed by atoms with van der Waals surface area (Å²) in [4.78, 5) is 52.7. The second-order valence-corrected chi connectivity index (χ2v) is 8.88. The number of fused-ring (bicyclic) bond motifs is 1. The van der Waals surface area contributed by atoms with Crippen molar-refractivity contribution >= 4 is 36.9 Å². The second kappa shape index (κ2) is 9.79. The molecule has 3 heterocycles. The number of anilines is 1. The van der Waals surface area contributed by atoms with Crippen molar-refractivity contribution in [3.05, 3.63) is 46.5 Å². The van der Waals surface area contributed by atoms with Crippen LogP contribution in [0.5, 0.6) is 11.5 Å². The number of aromatic amines is 1. The van der Waals surface area contributed by atoms with Gasteiger partial charge in [-0.1, -0.05) is 6.07 Å². The standard InChI is InChI=1S/C19H20N5O11P/c25-9-3-1-8(5-10(9)26)2-4-12(27)21-19-22-16-13(17(30)23-19)20-7-24(16)18-15(29)14(28)11(35-18)6-34-36(31,32)33/h1-5,7,11,14-15,18,25-26,28-29H,6H2,(H2,31,32,33)(H2,21,22,23,27,30)/b4-2+/t11-,14-,15-,18-/m1/s1. The van der Waals surface area contributed by atoms with Gasteiger partial charge in [-0.15, -0.1) is 0 Å². The van der Waals surface area contributed by atoms with E-state index in [0.29, 0.717) is 5.56 Å². The highest BCUT2D eigenvalue weighted by Gasteiger charge is 2.45. The van der Waals surface area contributed by atoms with Crippen molar-refractivity contribution in [1.82, 2.24) is 19.5 Å². The van der Waals surface area contributed by atoms with E-state index >= 15 is 0 Å². The first-order valence-corrected chi connectivity index (χ1v) is 11.7. The number of carbonyl (C=O) groups excluding carboxylic acids is 1. The highest BCUT2D eigenvalue weighted by atomic mass is 31.2. The lowest BCUT2D eigenvalue weighted by Crippen LogP contribution is -2.33. The van der Waals surface area contributed by atoms with Crippen molar-refractivity contribution in [2.75, 3.05) is 11.9 Å². The predicted octanol–water partition coefficient (Wildman–Crippen LogP) is -1.09. The van der Waals surface area contributed by atoms with E-state index in [9.17, 15) is 34.6 Å². The summed E-state index contributed by atoms with van der Waals surface area (Å²) in [6, 6.07) is 3.91. The molecule has 1 aliphatic heterocycles. The van der Waals surface area contributed by atoms with Gasteiger partial charge >= 0.3 is 7.82 Å². The summed E-state index contributed by atoms with van der Waals surface area (Å²) in [6.07, 6.45) is -2.35. The smallest absolute Gasteiger partial charge is 0.469 e. The van der Waals surface area contributed by atoms with Crippen LogP contribution in [0.4, 0.5) is 5.95 Å². The Bertz CT molecular complexity index is 1430. The average Bonchev–Trinajstić information content (AvgIpc) is 3.34. The quantitative estimate of drug-likeness (QED) is 0.104. The van der Waals surface area contributed by atoms with Crippen LogP contribution in [-0.2, 0) is 18.6 Å². The molecule has 0 bridgehead atoms. The Morgan fingerprint density at radius 1 is 1.25 bits per heavy atom. The van der Waals surface area contributed by atoms with Gasteiger partial charge in [0, 0.05) is 6.08 Å². The Kier molecular flexibility index (Phi) is 6.92. The topological polar surface area (TPSA) is 250 Å². The van der Waals surface area contributed by atoms with E-state index in [1.54, 1.807) is 0 Å². The number of ether oxygens (including phenoxy) is 1. The number of phenolic OH excluding ortho intramolecular Hbond substituents is 2. The molecule has 17 heteroatoms. The molecule has 0 saturated carbocycles. The van der Waals surface area contributed by atoms with E-state index in [0.717, 1.165) is 17.0 Å². The molecular formula is C19H20N5O11P. The van der Waals surface area contributed by atoms with Crippen LogP contribution in [0.15, 0.2) is 35.4 Å². The molecule has 1 aromatic carbocycles. The van der Waals surface area contributed by atoms with Gasteiger partial charge in [0.2, 0.25) is 5.95 Å². The van der Waals surface area contributed by atoms with Gasteiger partial charge in [-0.25, -0.2) is 9.55 Å². The third kappa shape index (κ3) is 5.44. The molecule has 192 valence electrons. The zero-order valence-electron chi connectivity index (χ0n) is 18.0. The Hall–Kier alpha value is -3.63. The number of rotatable bonds is 7. The summed E-state index contributed by atoms with van der Waals surface area (Å²) in [5.41, 5.74) is -0.646. The van der Waals surface area contributed by atoms with Crippen molar-refractivity contribution in [3.8, 4) is 11.5 Å². The molecule has 4 rings (SSSR count). The number of hydrogen-bond acceptors (Lipinski definition) is 11. The maximum absolute atomic E-state index is 12.4. The number of aromatic nitrogens is 4. The Labute approximate surface area is 200 Å². The summed E-state index contributed by atoms with van der Waals surface area (Å²) in [6.45, 7) is -0.730. The minimum atomic E-state index is -4.86. The molecule has 3 aromatic rings. The monoisotopic (exact) mass is 525 g/mol. The average molecular weight is 525 g/mol. The molecule has 8 N–H and O–H groups in total. The largest absolute Gasteiger partial charge is 0.504 e. The van der Waals surface area contributed by atoms with Gasteiger partial charge < -0.3 is 34.9 Å². The molecule has 1 amide bonds. The molecule has 1 aliphatic rings. The summed E-state index contributed by atoms with van der Waals surface area (Å²) in [5.74, 6) is -1.70. The van der Waals surface area contributed by atoms with Crippen LogP contribution in [0.3, 0.4) is 0 Å². The Morgan fingerprint density at radius 2 is 2.00 bits per heavy atom. The van der Waals surface area contributed by atoms with Crippen LogP contribution in [0.1, 0.15) is 11.8 Å². The van der Waals surface area contributed by atoms with E-state index in [1.165, 1.54) is 24.3 Å². The van der Waals surface area contributed by atoms with E-state index in [1.807, 2.05) is 0 Å². The van der Waals surface area contributed by atoms with Gasteiger partial charge in [-0.3, -0.25) is 29.0 Å². The maximum Gasteiger partial charge on any atom is 0.469 e. The molecular weight excluding hydrogens is 505 g/mol. The van der Waals surface area contributed by atoms with Gasteiger partial charge in [0.25, 0.3) is 11.5 Å². The van der Waals surface area contributed by atoms with Crippen LogP contribution in [-0.4, -0.2) is 80.6 Å². The second-order valence-electron chi connectivity index (χ2n) is 7.64. The minimum Gasteiger partial charge on any atom is -0.504 e. The first-order valence-electron chi connectivity index (χ1n) is 10.1. The molecule has 4 atom stereocenters. The molecule has 2 aromatic heterocycles. The first-order chi connectivity index (χ1) is 16.9. The van der Waals surface area contributed by atoms with Crippen molar-refractivity contribution in [1.29, 1.82) is 0 Å². The fraction of sp³-hybridized carbons (Fsp3) is 0.263. The van der Waals surface area contributed by atoms with Crippen LogP contribution >= 0.6 is 7.82 Å². The van der Waals surface area contributed by atoms with Crippen LogP contribution < -0.4 is 10.9 Å². The Morgan fingerprint density at radius 3 is 2.69 bits per heavy atom. The number of benzene rings is 1. The molecule has 1 fully saturated rings. The fourth-order valence-electron chi connectivity index (χ4n) is 3.41.